The predicted molar refractivity (Wildman–Crippen MR) is 232 cm³/mol. The lowest BCUT2D eigenvalue weighted by molar-refractivity contribution is -0.131. The average Bonchev–Trinajstić information content (AvgIpc) is 3.16. The fraction of sp³-hybridized carbons (Fsp3) is 0.979. The van der Waals surface area contributed by atoms with Crippen LogP contribution in [0.1, 0.15) is 277 Å². The van der Waals surface area contributed by atoms with Crippen LogP contribution >= 0.6 is 0 Å². The monoisotopic (exact) mass is 752 g/mol. The third-order valence-electron chi connectivity index (χ3n) is 11.7. The number of nitrogens with one attached hydrogen (secondary N) is 1. The highest BCUT2D eigenvalue weighted by Gasteiger charge is 2.23. The predicted octanol–water partition coefficient (Wildman–Crippen LogP) is 14.2. The zero-order valence-electron chi connectivity index (χ0n) is 36.2. The summed E-state index contributed by atoms with van der Waals surface area (Å²) in [4.78, 5) is 12.5. The number of unbranched alkanes of at least 4 members (excludes halogenated alkanes) is 37. The first-order valence-corrected chi connectivity index (χ1v) is 24.3. The number of hydrogen-bond donors (Lipinski definition) is 4. The van der Waals surface area contributed by atoms with Crippen molar-refractivity contribution in [2.45, 2.75) is 295 Å². The smallest absolute Gasteiger partial charge is 0.249 e. The molecule has 4 N–H and O–H groups in total. The Morgan fingerprint density at radius 2 is 0.604 bits per heavy atom. The molecule has 5 heteroatoms. The quantitative estimate of drug-likeness (QED) is 0.0466. The van der Waals surface area contributed by atoms with Gasteiger partial charge in [0.25, 0.3) is 0 Å². The number of aliphatic hydroxyl groups is 3. The summed E-state index contributed by atoms with van der Waals surface area (Å²) in [6.45, 7) is 4.26. The van der Waals surface area contributed by atoms with Crippen LogP contribution in [-0.2, 0) is 4.79 Å². The van der Waals surface area contributed by atoms with Crippen LogP contribution in [0.3, 0.4) is 0 Å². The molecule has 0 spiro atoms. The van der Waals surface area contributed by atoms with E-state index >= 15 is 0 Å². The van der Waals surface area contributed by atoms with Crippen molar-refractivity contribution in [3.05, 3.63) is 0 Å². The number of hydrogen-bond acceptors (Lipinski definition) is 4. The maximum atomic E-state index is 12.5. The first kappa shape index (κ1) is 52.3. The lowest BCUT2D eigenvalue weighted by Gasteiger charge is -2.23. The van der Waals surface area contributed by atoms with Crippen molar-refractivity contribution < 1.29 is 20.1 Å². The van der Waals surface area contributed by atoms with E-state index in [1.807, 2.05) is 0 Å². The van der Waals surface area contributed by atoms with Crippen molar-refractivity contribution in [2.24, 2.45) is 0 Å². The summed E-state index contributed by atoms with van der Waals surface area (Å²) in [5.41, 5.74) is 0. The molecule has 0 saturated carbocycles. The number of carbonyl (C=O) groups is 1. The molecule has 0 heterocycles. The van der Waals surface area contributed by atoms with E-state index in [0.717, 1.165) is 32.1 Å². The molecule has 0 aliphatic heterocycles. The molecule has 0 aromatic rings. The molecule has 1 amide bonds. The second kappa shape index (κ2) is 44.1. The summed E-state index contributed by atoms with van der Waals surface area (Å²) >= 11 is 0. The lowest BCUT2D eigenvalue weighted by atomic mass is 10.0. The van der Waals surface area contributed by atoms with Gasteiger partial charge in [-0.15, -0.1) is 0 Å². The van der Waals surface area contributed by atoms with Gasteiger partial charge in [0, 0.05) is 0 Å². The maximum absolute atomic E-state index is 12.5. The largest absolute Gasteiger partial charge is 0.394 e. The second-order valence-electron chi connectivity index (χ2n) is 17.0. The fourth-order valence-electron chi connectivity index (χ4n) is 7.90. The van der Waals surface area contributed by atoms with Gasteiger partial charge in [0.15, 0.2) is 0 Å². The Morgan fingerprint density at radius 1 is 0.377 bits per heavy atom. The number of amides is 1. The van der Waals surface area contributed by atoms with Gasteiger partial charge in [-0.25, -0.2) is 0 Å². The summed E-state index contributed by atoms with van der Waals surface area (Å²) < 4.78 is 0. The van der Waals surface area contributed by atoms with Gasteiger partial charge in [0.2, 0.25) is 5.91 Å². The summed E-state index contributed by atoms with van der Waals surface area (Å²) in [7, 11) is 0. The van der Waals surface area contributed by atoms with Crippen molar-refractivity contribution in [3.8, 4) is 0 Å². The Morgan fingerprint density at radius 3 is 0.849 bits per heavy atom. The minimum absolute atomic E-state index is 0.308. The third-order valence-corrected chi connectivity index (χ3v) is 11.7. The van der Waals surface area contributed by atoms with Gasteiger partial charge in [0.1, 0.15) is 6.10 Å². The van der Waals surface area contributed by atoms with Gasteiger partial charge >= 0.3 is 0 Å². The standard InChI is InChI=1S/C48H97NO4/c1-3-5-7-9-11-13-15-17-19-20-21-22-23-24-25-26-27-29-30-32-34-36-38-40-42-46(51)45(44-50)49-48(53)47(52)43-41-39-37-35-33-31-28-18-16-14-12-10-8-6-4-2/h45-47,50-52H,3-44H2,1-2H3,(H,49,53). The lowest BCUT2D eigenvalue weighted by Crippen LogP contribution is -2.49. The molecule has 3 unspecified atom stereocenters. The highest BCUT2D eigenvalue weighted by Crippen LogP contribution is 2.18. The van der Waals surface area contributed by atoms with Gasteiger partial charge in [-0.3, -0.25) is 4.79 Å². The summed E-state index contributed by atoms with van der Waals surface area (Å²) in [6, 6.07) is -0.706. The molecule has 0 rings (SSSR count). The van der Waals surface area contributed by atoms with Crippen molar-refractivity contribution in [2.75, 3.05) is 6.61 Å². The third kappa shape index (κ3) is 39.4. The molecule has 0 fully saturated rings. The van der Waals surface area contributed by atoms with Crippen LogP contribution in [0.2, 0.25) is 0 Å². The average molecular weight is 752 g/mol. The van der Waals surface area contributed by atoms with Gasteiger partial charge in [0.05, 0.1) is 18.8 Å². The minimum atomic E-state index is -1.07. The Balaban J connectivity index is 3.52. The highest BCUT2D eigenvalue weighted by molar-refractivity contribution is 5.80. The zero-order chi connectivity index (χ0) is 38.7. The maximum Gasteiger partial charge on any atom is 0.249 e. The Hall–Kier alpha value is -0.650. The molecule has 0 aliphatic carbocycles. The first-order valence-electron chi connectivity index (χ1n) is 24.3. The molecule has 0 aliphatic rings. The summed E-state index contributed by atoms with van der Waals surface area (Å²) in [5, 5.41) is 33.4. The van der Waals surface area contributed by atoms with Crippen molar-refractivity contribution in [1.82, 2.24) is 5.32 Å². The Kier molecular flexibility index (Phi) is 43.5. The van der Waals surface area contributed by atoms with Crippen LogP contribution in [0.25, 0.3) is 0 Å². The number of rotatable bonds is 45. The second-order valence-corrected chi connectivity index (χ2v) is 17.0. The first-order chi connectivity index (χ1) is 26.1. The van der Waals surface area contributed by atoms with E-state index in [9.17, 15) is 20.1 Å². The Labute approximate surface area is 332 Å². The van der Waals surface area contributed by atoms with E-state index in [4.69, 9.17) is 0 Å². The van der Waals surface area contributed by atoms with E-state index in [1.165, 1.54) is 218 Å². The van der Waals surface area contributed by atoms with Crippen molar-refractivity contribution in [1.29, 1.82) is 0 Å². The number of carbonyl (C=O) groups excluding carboxylic acids is 1. The van der Waals surface area contributed by atoms with Gasteiger partial charge < -0.3 is 20.6 Å². The van der Waals surface area contributed by atoms with Crippen LogP contribution in [0.5, 0.6) is 0 Å². The van der Waals surface area contributed by atoms with Crippen LogP contribution in [0.4, 0.5) is 0 Å². The molecular formula is C48H97NO4. The molecule has 5 nitrogen and oxygen atoms in total. The van der Waals surface area contributed by atoms with Crippen LogP contribution in [-0.4, -0.2) is 46.1 Å². The highest BCUT2D eigenvalue weighted by atomic mass is 16.3. The van der Waals surface area contributed by atoms with E-state index < -0.39 is 24.2 Å². The zero-order valence-corrected chi connectivity index (χ0v) is 36.2. The summed E-state index contributed by atoms with van der Waals surface area (Å²) in [6.07, 6.45) is 51.2. The molecule has 0 bridgehead atoms. The van der Waals surface area contributed by atoms with E-state index in [1.54, 1.807) is 0 Å². The molecular weight excluding hydrogens is 655 g/mol. The molecule has 0 radical (unpaired) electrons. The molecule has 318 valence electrons. The molecule has 0 aromatic heterocycles. The fourth-order valence-corrected chi connectivity index (χ4v) is 7.90. The van der Waals surface area contributed by atoms with Crippen LogP contribution < -0.4 is 5.32 Å². The summed E-state index contributed by atoms with van der Waals surface area (Å²) in [5.74, 6) is -0.465. The van der Waals surface area contributed by atoms with Crippen LogP contribution in [0.15, 0.2) is 0 Å². The topological polar surface area (TPSA) is 89.8 Å². The Bertz CT molecular complexity index is 703. The van der Waals surface area contributed by atoms with Gasteiger partial charge in [-0.2, -0.15) is 0 Å². The van der Waals surface area contributed by atoms with E-state index in [2.05, 4.69) is 19.2 Å². The van der Waals surface area contributed by atoms with Gasteiger partial charge in [-0.05, 0) is 12.8 Å². The molecule has 0 saturated heterocycles. The van der Waals surface area contributed by atoms with Crippen LogP contribution in [0, 0.1) is 0 Å². The van der Waals surface area contributed by atoms with E-state index in [0.29, 0.717) is 12.8 Å². The van der Waals surface area contributed by atoms with E-state index in [-0.39, 0.29) is 6.61 Å². The van der Waals surface area contributed by atoms with Gasteiger partial charge in [-0.1, -0.05) is 264 Å². The minimum Gasteiger partial charge on any atom is -0.394 e. The normalized spacial score (nSPS) is 13.4. The SMILES string of the molecule is CCCCCCCCCCCCCCCCCCCCCCCCCCC(O)C(CO)NC(=O)C(O)CCCCCCCCCCCCCCCCC. The van der Waals surface area contributed by atoms with Crippen molar-refractivity contribution >= 4 is 5.91 Å². The molecule has 0 aromatic carbocycles. The molecule has 3 atom stereocenters. The van der Waals surface area contributed by atoms with Crippen molar-refractivity contribution in [3.63, 3.8) is 0 Å². The molecule has 53 heavy (non-hydrogen) atoms. The number of aliphatic hydroxyl groups excluding tert-OH is 3.